The average Bonchev–Trinajstić information content (AvgIpc) is 2.74. The second-order valence-electron chi connectivity index (χ2n) is 6.37. The van der Waals surface area contributed by atoms with Gasteiger partial charge in [0.05, 0.1) is 5.69 Å². The van der Waals surface area contributed by atoms with Gasteiger partial charge in [0.25, 0.3) is 0 Å². The summed E-state index contributed by atoms with van der Waals surface area (Å²) in [6, 6.07) is 31.4. The Kier molecular flexibility index (Phi) is 5.27. The molecule has 4 heteroatoms. The first-order valence-corrected chi connectivity index (χ1v) is 9.37. The maximum atomic E-state index is 12.5. The molecule has 0 N–H and O–H groups in total. The Morgan fingerprint density at radius 1 is 0.750 bits per heavy atom. The highest BCUT2D eigenvalue weighted by molar-refractivity contribution is 6.33. The first-order valence-electron chi connectivity index (χ1n) is 8.99. The van der Waals surface area contributed by atoms with Crippen LogP contribution in [0.3, 0.4) is 0 Å². The van der Waals surface area contributed by atoms with E-state index in [-0.39, 0.29) is 5.02 Å². The number of nitrogens with zero attached hydrogens (tertiary/aromatic N) is 1. The summed E-state index contributed by atoms with van der Waals surface area (Å²) in [6.07, 6.45) is 0.512. The average molecular weight is 388 g/mol. The molecule has 0 spiro atoms. The van der Waals surface area contributed by atoms with Crippen LogP contribution in [-0.2, 0) is 6.42 Å². The van der Waals surface area contributed by atoms with Gasteiger partial charge in [0.2, 0.25) is 0 Å². The van der Waals surface area contributed by atoms with Crippen molar-refractivity contribution in [2.24, 2.45) is 0 Å². The Balaban J connectivity index is 1.85. The molecule has 0 aliphatic carbocycles. The van der Waals surface area contributed by atoms with Gasteiger partial charge in [-0.25, -0.2) is 4.79 Å². The van der Waals surface area contributed by atoms with Crippen LogP contribution in [0.4, 0.5) is 17.1 Å². The van der Waals surface area contributed by atoms with Crippen LogP contribution in [0.1, 0.15) is 11.3 Å². The third-order valence-corrected chi connectivity index (χ3v) is 4.76. The first kappa shape index (κ1) is 18.1. The number of para-hydroxylation sites is 2. The molecule has 0 atom stereocenters. The maximum absolute atomic E-state index is 12.5. The van der Waals surface area contributed by atoms with Crippen molar-refractivity contribution in [3.63, 3.8) is 0 Å². The zero-order chi connectivity index (χ0) is 19.3. The van der Waals surface area contributed by atoms with Crippen molar-refractivity contribution in [1.29, 1.82) is 0 Å². The lowest BCUT2D eigenvalue weighted by atomic mass is 10.1. The SMILES string of the molecule is O=c1oc(Cc2ccccc2)cc(N(c2ccccc2)c2ccccc2)c1Cl. The Morgan fingerprint density at radius 2 is 1.25 bits per heavy atom. The van der Waals surface area contributed by atoms with Gasteiger partial charge in [-0.3, -0.25) is 0 Å². The van der Waals surface area contributed by atoms with Gasteiger partial charge in [-0.15, -0.1) is 0 Å². The number of hydrogen-bond acceptors (Lipinski definition) is 3. The summed E-state index contributed by atoms with van der Waals surface area (Å²) in [7, 11) is 0. The normalized spacial score (nSPS) is 10.6. The molecular formula is C24H18ClNO2. The Hall–Kier alpha value is -3.30. The van der Waals surface area contributed by atoms with E-state index in [2.05, 4.69) is 0 Å². The molecule has 3 aromatic carbocycles. The molecule has 0 fully saturated rings. The quantitative estimate of drug-likeness (QED) is 0.400. The highest BCUT2D eigenvalue weighted by Gasteiger charge is 2.19. The van der Waals surface area contributed by atoms with E-state index in [1.54, 1.807) is 0 Å². The predicted molar refractivity (Wildman–Crippen MR) is 114 cm³/mol. The molecule has 0 unspecified atom stereocenters. The standard InChI is InChI=1S/C24H18ClNO2/c25-23-22(17-21(28-24(23)27)16-18-10-4-1-5-11-18)26(19-12-6-2-7-13-19)20-14-8-3-9-15-20/h1-15,17H,16H2. The Morgan fingerprint density at radius 3 is 1.79 bits per heavy atom. The number of hydrogen-bond donors (Lipinski definition) is 0. The number of rotatable bonds is 5. The molecule has 0 saturated heterocycles. The molecule has 138 valence electrons. The van der Waals surface area contributed by atoms with Crippen molar-refractivity contribution in [2.45, 2.75) is 6.42 Å². The molecule has 0 aliphatic rings. The van der Waals surface area contributed by atoms with E-state index in [1.165, 1.54) is 0 Å². The summed E-state index contributed by atoms with van der Waals surface area (Å²) < 4.78 is 5.46. The van der Waals surface area contributed by atoms with Gasteiger partial charge in [-0.2, -0.15) is 0 Å². The zero-order valence-electron chi connectivity index (χ0n) is 15.1. The molecule has 3 nitrogen and oxygen atoms in total. The number of halogens is 1. The number of anilines is 3. The van der Waals surface area contributed by atoms with Gasteiger partial charge in [0.15, 0.2) is 5.02 Å². The van der Waals surface area contributed by atoms with Crippen molar-refractivity contribution in [3.8, 4) is 0 Å². The minimum absolute atomic E-state index is 0.0597. The molecule has 28 heavy (non-hydrogen) atoms. The summed E-state index contributed by atoms with van der Waals surface area (Å²) >= 11 is 6.41. The van der Waals surface area contributed by atoms with E-state index in [0.717, 1.165) is 16.9 Å². The summed E-state index contributed by atoms with van der Waals surface area (Å²) in [5.41, 5.74) is 2.94. The van der Waals surface area contributed by atoms with E-state index < -0.39 is 5.63 Å². The van der Waals surface area contributed by atoms with Gasteiger partial charge < -0.3 is 9.32 Å². The van der Waals surface area contributed by atoms with Crippen molar-refractivity contribution < 1.29 is 4.42 Å². The summed E-state index contributed by atoms with van der Waals surface area (Å²) in [4.78, 5) is 14.5. The number of benzene rings is 3. The lowest BCUT2D eigenvalue weighted by molar-refractivity contribution is 0.469. The first-order chi connectivity index (χ1) is 13.7. The fourth-order valence-electron chi connectivity index (χ4n) is 3.14. The lowest BCUT2D eigenvalue weighted by Gasteiger charge is -2.26. The minimum atomic E-state index is -0.540. The second kappa shape index (κ2) is 8.15. The fraction of sp³-hybridized carbons (Fsp3) is 0.0417. The third-order valence-electron chi connectivity index (χ3n) is 4.42. The van der Waals surface area contributed by atoms with Gasteiger partial charge in [-0.05, 0) is 29.8 Å². The van der Waals surface area contributed by atoms with Gasteiger partial charge >= 0.3 is 5.63 Å². The van der Waals surface area contributed by atoms with Crippen molar-refractivity contribution in [3.05, 3.63) is 124 Å². The predicted octanol–water partition coefficient (Wildman–Crippen LogP) is 6.35. The summed E-state index contributed by atoms with van der Waals surface area (Å²) in [6.45, 7) is 0. The fourth-order valence-corrected chi connectivity index (χ4v) is 3.32. The molecule has 0 saturated carbocycles. The van der Waals surface area contributed by atoms with Gasteiger partial charge in [0.1, 0.15) is 5.76 Å². The van der Waals surface area contributed by atoms with Crippen LogP contribution < -0.4 is 10.5 Å². The maximum Gasteiger partial charge on any atom is 0.357 e. The molecule has 0 bridgehead atoms. The largest absolute Gasteiger partial charge is 0.426 e. The summed E-state index contributed by atoms with van der Waals surface area (Å²) in [5, 5.41) is 0.0597. The van der Waals surface area contributed by atoms with Gasteiger partial charge in [0, 0.05) is 23.9 Å². The third kappa shape index (κ3) is 3.85. The minimum Gasteiger partial charge on any atom is -0.426 e. The molecule has 1 aromatic heterocycles. The van der Waals surface area contributed by atoms with Crippen LogP contribution in [0.15, 0.2) is 106 Å². The van der Waals surface area contributed by atoms with Gasteiger partial charge in [-0.1, -0.05) is 78.3 Å². The molecule has 4 rings (SSSR count). The van der Waals surface area contributed by atoms with E-state index in [1.807, 2.05) is 102 Å². The van der Waals surface area contributed by atoms with Crippen LogP contribution in [-0.4, -0.2) is 0 Å². The lowest BCUT2D eigenvalue weighted by Crippen LogP contribution is -2.15. The van der Waals surface area contributed by atoms with Crippen LogP contribution in [0.25, 0.3) is 0 Å². The Bertz CT molecular complexity index is 1070. The van der Waals surface area contributed by atoms with Crippen molar-refractivity contribution >= 4 is 28.7 Å². The van der Waals surface area contributed by atoms with Crippen molar-refractivity contribution in [1.82, 2.24) is 0 Å². The molecular weight excluding hydrogens is 370 g/mol. The highest BCUT2D eigenvalue weighted by Crippen LogP contribution is 2.37. The highest BCUT2D eigenvalue weighted by atomic mass is 35.5. The summed E-state index contributed by atoms with van der Waals surface area (Å²) in [5.74, 6) is 0.562. The molecule has 4 aromatic rings. The zero-order valence-corrected chi connectivity index (χ0v) is 15.8. The molecule has 0 radical (unpaired) electrons. The molecule has 0 aliphatic heterocycles. The van der Waals surface area contributed by atoms with E-state index in [4.69, 9.17) is 16.0 Å². The van der Waals surface area contributed by atoms with Crippen LogP contribution >= 0.6 is 11.6 Å². The topological polar surface area (TPSA) is 33.5 Å². The van der Waals surface area contributed by atoms with Crippen LogP contribution in [0, 0.1) is 0 Å². The van der Waals surface area contributed by atoms with E-state index >= 15 is 0 Å². The monoisotopic (exact) mass is 387 g/mol. The van der Waals surface area contributed by atoms with E-state index in [9.17, 15) is 4.79 Å². The van der Waals surface area contributed by atoms with Crippen LogP contribution in [0.2, 0.25) is 5.02 Å². The van der Waals surface area contributed by atoms with Crippen molar-refractivity contribution in [2.75, 3.05) is 4.90 Å². The molecule has 1 heterocycles. The van der Waals surface area contributed by atoms with E-state index in [0.29, 0.717) is 17.9 Å². The molecule has 0 amide bonds. The second-order valence-corrected chi connectivity index (χ2v) is 6.75. The Labute approximate surface area is 168 Å². The van der Waals surface area contributed by atoms with Crippen LogP contribution in [0.5, 0.6) is 0 Å². The smallest absolute Gasteiger partial charge is 0.357 e.